The number of nitro groups is 1. The monoisotopic (exact) mass is 343 g/mol. The zero-order chi connectivity index (χ0) is 18.0. The van der Waals surface area contributed by atoms with E-state index in [0.717, 1.165) is 18.4 Å². The second-order valence-corrected chi connectivity index (χ2v) is 6.65. The molecule has 2 aromatic rings. The average molecular weight is 343 g/mol. The van der Waals surface area contributed by atoms with Gasteiger partial charge in [0.1, 0.15) is 6.54 Å². The van der Waals surface area contributed by atoms with E-state index in [1.165, 1.54) is 16.6 Å². The maximum atomic E-state index is 12.6. The van der Waals surface area contributed by atoms with E-state index in [1.807, 2.05) is 4.90 Å². The van der Waals surface area contributed by atoms with Gasteiger partial charge in [0.2, 0.25) is 12.2 Å². The molecule has 1 aromatic carbocycles. The Balaban J connectivity index is 1.67. The molecule has 1 saturated carbocycles. The molecule has 0 unspecified atom stereocenters. The molecule has 1 aromatic heterocycles. The summed E-state index contributed by atoms with van der Waals surface area (Å²) in [4.78, 5) is 28.0. The second-order valence-electron chi connectivity index (χ2n) is 6.65. The van der Waals surface area contributed by atoms with Crippen molar-refractivity contribution >= 4 is 11.9 Å². The van der Waals surface area contributed by atoms with Crippen LogP contribution in [0.2, 0.25) is 0 Å². The minimum absolute atomic E-state index is 0.0403. The molecule has 0 aliphatic heterocycles. The highest BCUT2D eigenvalue weighted by molar-refractivity contribution is 5.76. The Bertz CT molecular complexity index is 765. The average Bonchev–Trinajstić information content (AvgIpc) is 3.31. The van der Waals surface area contributed by atoms with Crippen molar-refractivity contribution in [2.24, 2.45) is 0 Å². The summed E-state index contributed by atoms with van der Waals surface area (Å²) >= 11 is 0. The molecular weight excluding hydrogens is 322 g/mol. The fraction of sp³-hybridized carbons (Fsp3) is 0.471. The summed E-state index contributed by atoms with van der Waals surface area (Å²) in [6.45, 7) is 4.79. The normalized spacial score (nSPS) is 13.9. The molecule has 8 heteroatoms. The van der Waals surface area contributed by atoms with Gasteiger partial charge in [-0.3, -0.25) is 4.79 Å². The molecule has 0 saturated heterocycles. The molecule has 0 atom stereocenters. The van der Waals surface area contributed by atoms with Gasteiger partial charge in [-0.25, -0.2) is 0 Å². The SMILES string of the molecule is CC(C)c1ccc(CN(C(=O)Cn2cnc([N+](=O)[O-])n2)C2CC2)cc1. The van der Waals surface area contributed by atoms with Gasteiger partial charge in [0.15, 0.2) is 0 Å². The van der Waals surface area contributed by atoms with Gasteiger partial charge in [0.05, 0.1) is 0 Å². The molecule has 0 bridgehead atoms. The molecule has 0 radical (unpaired) electrons. The second kappa shape index (κ2) is 7.00. The van der Waals surface area contributed by atoms with E-state index >= 15 is 0 Å². The number of benzene rings is 1. The molecule has 1 aliphatic rings. The molecule has 1 amide bonds. The van der Waals surface area contributed by atoms with E-state index in [4.69, 9.17) is 0 Å². The molecule has 0 N–H and O–H groups in total. The van der Waals surface area contributed by atoms with Crippen molar-refractivity contribution in [3.05, 3.63) is 51.8 Å². The summed E-state index contributed by atoms with van der Waals surface area (Å²) in [5.74, 6) is -0.122. The highest BCUT2D eigenvalue weighted by Crippen LogP contribution is 2.29. The number of amides is 1. The van der Waals surface area contributed by atoms with E-state index in [2.05, 4.69) is 48.2 Å². The Hall–Kier alpha value is -2.77. The van der Waals surface area contributed by atoms with Crippen LogP contribution in [-0.2, 0) is 17.9 Å². The molecule has 1 heterocycles. The van der Waals surface area contributed by atoms with Gasteiger partial charge in [-0.15, -0.1) is 0 Å². The lowest BCUT2D eigenvalue weighted by Crippen LogP contribution is -2.35. The standard InChI is InChI=1S/C17H21N5O3/c1-12(2)14-5-3-13(4-6-14)9-21(15-7-8-15)16(23)10-20-11-18-17(19-20)22(24)25/h3-6,11-12,15H,7-10H2,1-2H3. The summed E-state index contributed by atoms with van der Waals surface area (Å²) in [5.41, 5.74) is 2.34. The van der Waals surface area contributed by atoms with Crippen LogP contribution in [0.15, 0.2) is 30.6 Å². The maximum Gasteiger partial charge on any atom is 0.490 e. The Labute approximate surface area is 145 Å². The molecule has 1 aliphatic carbocycles. The predicted molar refractivity (Wildman–Crippen MR) is 90.8 cm³/mol. The fourth-order valence-corrected chi connectivity index (χ4v) is 2.69. The van der Waals surface area contributed by atoms with E-state index in [1.54, 1.807) is 0 Å². The lowest BCUT2D eigenvalue weighted by atomic mass is 10.0. The topological polar surface area (TPSA) is 94.2 Å². The van der Waals surface area contributed by atoms with Crippen LogP contribution in [0.5, 0.6) is 0 Å². The third-order valence-electron chi connectivity index (χ3n) is 4.29. The Kier molecular flexibility index (Phi) is 4.78. The summed E-state index contributed by atoms with van der Waals surface area (Å²) in [5, 5.41) is 14.3. The first-order valence-corrected chi connectivity index (χ1v) is 8.36. The van der Waals surface area contributed by atoms with Crippen molar-refractivity contribution in [1.29, 1.82) is 0 Å². The van der Waals surface area contributed by atoms with Gasteiger partial charge in [0, 0.05) is 17.7 Å². The highest BCUT2D eigenvalue weighted by Gasteiger charge is 2.33. The van der Waals surface area contributed by atoms with Gasteiger partial charge < -0.3 is 15.0 Å². The van der Waals surface area contributed by atoms with E-state index in [0.29, 0.717) is 12.5 Å². The summed E-state index contributed by atoms with van der Waals surface area (Å²) in [7, 11) is 0. The van der Waals surface area contributed by atoms with E-state index in [9.17, 15) is 14.9 Å². The first kappa shape index (κ1) is 17.1. The highest BCUT2D eigenvalue weighted by atomic mass is 16.6. The van der Waals surface area contributed by atoms with Crippen LogP contribution >= 0.6 is 0 Å². The first-order valence-electron chi connectivity index (χ1n) is 8.36. The number of hydrogen-bond donors (Lipinski definition) is 0. The largest absolute Gasteiger partial charge is 0.490 e. The number of hydrogen-bond acceptors (Lipinski definition) is 5. The number of carbonyl (C=O) groups is 1. The fourth-order valence-electron chi connectivity index (χ4n) is 2.69. The summed E-state index contributed by atoms with van der Waals surface area (Å²) in [6.07, 6.45) is 3.21. The van der Waals surface area contributed by atoms with Gasteiger partial charge in [-0.1, -0.05) is 43.1 Å². The molecule has 0 spiro atoms. The van der Waals surface area contributed by atoms with Gasteiger partial charge in [-0.2, -0.15) is 4.68 Å². The summed E-state index contributed by atoms with van der Waals surface area (Å²) < 4.78 is 1.22. The quantitative estimate of drug-likeness (QED) is 0.569. The van der Waals surface area contributed by atoms with Crippen molar-refractivity contribution in [2.45, 2.75) is 51.7 Å². The van der Waals surface area contributed by atoms with Crippen LogP contribution in [0.4, 0.5) is 5.95 Å². The van der Waals surface area contributed by atoms with Crippen LogP contribution in [0.3, 0.4) is 0 Å². The number of aromatic nitrogens is 3. The zero-order valence-electron chi connectivity index (χ0n) is 14.3. The van der Waals surface area contributed by atoms with Crippen LogP contribution in [0, 0.1) is 10.1 Å². The predicted octanol–water partition coefficient (Wildman–Crippen LogP) is 2.50. The van der Waals surface area contributed by atoms with Gasteiger partial charge in [-0.05, 0) is 34.8 Å². The Morgan fingerprint density at radius 2 is 2.04 bits per heavy atom. The smallest absolute Gasteiger partial charge is 0.390 e. The van der Waals surface area contributed by atoms with Crippen LogP contribution < -0.4 is 0 Å². The van der Waals surface area contributed by atoms with Crippen molar-refractivity contribution < 1.29 is 9.72 Å². The molecule has 1 fully saturated rings. The van der Waals surface area contributed by atoms with E-state index < -0.39 is 10.9 Å². The first-order chi connectivity index (χ1) is 11.9. The zero-order valence-corrected chi connectivity index (χ0v) is 14.3. The molecule has 8 nitrogen and oxygen atoms in total. The van der Waals surface area contributed by atoms with Gasteiger partial charge in [0.25, 0.3) is 0 Å². The van der Waals surface area contributed by atoms with Crippen LogP contribution in [0.25, 0.3) is 0 Å². The molecule has 25 heavy (non-hydrogen) atoms. The van der Waals surface area contributed by atoms with Crippen molar-refractivity contribution in [3.8, 4) is 0 Å². The minimum Gasteiger partial charge on any atom is -0.390 e. The van der Waals surface area contributed by atoms with Crippen molar-refractivity contribution in [2.75, 3.05) is 0 Å². The van der Waals surface area contributed by atoms with Crippen molar-refractivity contribution in [3.63, 3.8) is 0 Å². The lowest BCUT2D eigenvalue weighted by molar-refractivity contribution is -0.394. The maximum absolute atomic E-state index is 12.6. The molecular formula is C17H21N5O3. The number of rotatable bonds is 7. The van der Waals surface area contributed by atoms with Gasteiger partial charge >= 0.3 is 5.95 Å². The van der Waals surface area contributed by atoms with E-state index in [-0.39, 0.29) is 18.5 Å². The third-order valence-corrected chi connectivity index (χ3v) is 4.29. The number of nitrogens with zero attached hydrogens (tertiary/aromatic N) is 5. The lowest BCUT2D eigenvalue weighted by Gasteiger charge is -2.22. The van der Waals surface area contributed by atoms with Crippen molar-refractivity contribution in [1.82, 2.24) is 19.7 Å². The number of carbonyl (C=O) groups excluding carboxylic acids is 1. The van der Waals surface area contributed by atoms with Crippen LogP contribution in [0.1, 0.15) is 43.7 Å². The Morgan fingerprint density at radius 1 is 1.36 bits per heavy atom. The molecule has 3 rings (SSSR count). The van der Waals surface area contributed by atoms with Crippen LogP contribution in [-0.4, -0.2) is 36.5 Å². The summed E-state index contributed by atoms with van der Waals surface area (Å²) in [6, 6.07) is 8.54. The third kappa shape index (κ3) is 4.20. The minimum atomic E-state index is -0.671. The Morgan fingerprint density at radius 3 is 2.56 bits per heavy atom. The molecule has 132 valence electrons.